The van der Waals surface area contributed by atoms with Gasteiger partial charge in [0.1, 0.15) is 23.9 Å². The number of methoxy groups -OCH3 is 1. The van der Waals surface area contributed by atoms with Crippen LogP contribution in [0.4, 0.5) is 5.95 Å². The third-order valence-corrected chi connectivity index (χ3v) is 4.35. The lowest BCUT2D eigenvalue weighted by atomic mass is 10.0. The van der Waals surface area contributed by atoms with Crippen molar-refractivity contribution in [1.82, 2.24) is 14.8 Å². The highest BCUT2D eigenvalue weighted by molar-refractivity contribution is 5.77. The second kappa shape index (κ2) is 6.92. The van der Waals surface area contributed by atoms with Crippen LogP contribution < -0.4 is 14.8 Å². The highest BCUT2D eigenvalue weighted by Crippen LogP contribution is 2.36. The van der Waals surface area contributed by atoms with Gasteiger partial charge >= 0.3 is 0 Å². The second-order valence-electron chi connectivity index (χ2n) is 5.88. The molecule has 132 valence electrons. The molecule has 1 aliphatic heterocycles. The molecule has 2 heterocycles. The Morgan fingerprint density at radius 2 is 1.92 bits per heavy atom. The first-order chi connectivity index (χ1) is 12.8. The number of hydrogen-bond donors (Lipinski definition) is 1. The number of hydrogen-bond acceptors (Lipinski definition) is 5. The summed E-state index contributed by atoms with van der Waals surface area (Å²) in [5, 5.41) is 7.74. The highest BCUT2D eigenvalue weighted by atomic mass is 16.5. The van der Waals surface area contributed by atoms with Crippen molar-refractivity contribution in [1.29, 1.82) is 0 Å². The van der Waals surface area contributed by atoms with Crippen LogP contribution in [0, 0.1) is 0 Å². The molecule has 6 heteroatoms. The minimum atomic E-state index is -0.103. The third-order valence-electron chi connectivity index (χ3n) is 4.35. The molecule has 0 aliphatic carbocycles. The van der Waals surface area contributed by atoms with Crippen LogP contribution in [0.25, 0.3) is 5.70 Å². The number of aromatic nitrogens is 3. The zero-order valence-corrected chi connectivity index (χ0v) is 14.7. The third kappa shape index (κ3) is 2.90. The summed E-state index contributed by atoms with van der Waals surface area (Å²) in [7, 11) is 1.66. The van der Waals surface area contributed by atoms with E-state index in [0.717, 1.165) is 28.3 Å². The van der Waals surface area contributed by atoms with Gasteiger partial charge in [-0.25, -0.2) is 4.68 Å². The Morgan fingerprint density at radius 3 is 2.69 bits per heavy atom. The molecule has 0 radical (unpaired) electrons. The van der Waals surface area contributed by atoms with E-state index in [9.17, 15) is 0 Å². The first-order valence-corrected chi connectivity index (χ1v) is 8.54. The summed E-state index contributed by atoms with van der Waals surface area (Å²) in [6.45, 7) is 2.60. The summed E-state index contributed by atoms with van der Waals surface area (Å²) in [6, 6.07) is 15.9. The SMILES string of the molecule is CCOc1ccccc1C1C=C(c2ccc(OC)cc2)Nc2ncnn21. The van der Waals surface area contributed by atoms with Crippen molar-refractivity contribution < 1.29 is 9.47 Å². The maximum atomic E-state index is 5.83. The van der Waals surface area contributed by atoms with Crippen molar-refractivity contribution in [2.45, 2.75) is 13.0 Å². The summed E-state index contributed by atoms with van der Waals surface area (Å²) in [6.07, 6.45) is 3.70. The lowest BCUT2D eigenvalue weighted by molar-refractivity contribution is 0.333. The number of fused-ring (bicyclic) bond motifs is 1. The number of ether oxygens (including phenoxy) is 2. The van der Waals surface area contributed by atoms with E-state index in [0.29, 0.717) is 12.6 Å². The van der Waals surface area contributed by atoms with E-state index in [1.807, 2.05) is 54.1 Å². The summed E-state index contributed by atoms with van der Waals surface area (Å²) < 4.78 is 12.9. The topological polar surface area (TPSA) is 61.2 Å². The van der Waals surface area contributed by atoms with E-state index in [1.54, 1.807) is 13.4 Å². The maximum absolute atomic E-state index is 5.83. The normalized spacial score (nSPS) is 15.6. The van der Waals surface area contributed by atoms with E-state index in [4.69, 9.17) is 9.47 Å². The molecule has 3 aromatic rings. The molecule has 0 amide bonds. The molecule has 0 saturated heterocycles. The average molecular weight is 348 g/mol. The molecule has 0 spiro atoms. The number of benzene rings is 2. The first kappa shape index (κ1) is 16.2. The van der Waals surface area contributed by atoms with Gasteiger partial charge in [-0.05, 0) is 48.9 Å². The fourth-order valence-corrected chi connectivity index (χ4v) is 3.11. The van der Waals surface area contributed by atoms with Crippen molar-refractivity contribution >= 4 is 11.6 Å². The summed E-state index contributed by atoms with van der Waals surface area (Å²) >= 11 is 0. The molecular formula is C20H20N4O2. The Labute approximate surface area is 152 Å². The molecule has 26 heavy (non-hydrogen) atoms. The Morgan fingerprint density at radius 1 is 1.12 bits per heavy atom. The molecule has 1 aromatic heterocycles. The van der Waals surface area contributed by atoms with Crippen LogP contribution in [0.2, 0.25) is 0 Å². The van der Waals surface area contributed by atoms with E-state index in [-0.39, 0.29) is 6.04 Å². The van der Waals surface area contributed by atoms with Gasteiger partial charge in [-0.3, -0.25) is 0 Å². The van der Waals surface area contributed by atoms with Gasteiger partial charge in [0, 0.05) is 11.3 Å². The lowest BCUT2D eigenvalue weighted by Crippen LogP contribution is -2.20. The van der Waals surface area contributed by atoms with E-state index in [1.165, 1.54) is 0 Å². The van der Waals surface area contributed by atoms with Crippen LogP contribution in [0.15, 0.2) is 60.9 Å². The number of para-hydroxylation sites is 1. The molecule has 4 rings (SSSR count). The second-order valence-corrected chi connectivity index (χ2v) is 5.88. The predicted octanol–water partition coefficient (Wildman–Crippen LogP) is 3.74. The van der Waals surface area contributed by atoms with E-state index >= 15 is 0 Å². The standard InChI is InChI=1S/C20H20N4O2/c1-3-26-19-7-5-4-6-16(19)18-12-17(23-20-21-13-22-24(18)20)14-8-10-15(25-2)11-9-14/h4-13,18H,3H2,1-2H3,(H,21,22,23). The first-order valence-electron chi connectivity index (χ1n) is 8.54. The van der Waals surface area contributed by atoms with Gasteiger partial charge in [-0.2, -0.15) is 10.1 Å². The Balaban J connectivity index is 1.78. The molecule has 0 bridgehead atoms. The van der Waals surface area contributed by atoms with Crippen LogP contribution in [-0.4, -0.2) is 28.5 Å². The largest absolute Gasteiger partial charge is 0.497 e. The van der Waals surface area contributed by atoms with Crippen molar-refractivity contribution in [3.05, 3.63) is 72.1 Å². The zero-order chi connectivity index (χ0) is 17.9. The van der Waals surface area contributed by atoms with Crippen LogP contribution in [0.5, 0.6) is 11.5 Å². The highest BCUT2D eigenvalue weighted by Gasteiger charge is 2.25. The molecule has 1 N–H and O–H groups in total. The smallest absolute Gasteiger partial charge is 0.226 e. The van der Waals surface area contributed by atoms with E-state index in [2.05, 4.69) is 27.5 Å². The van der Waals surface area contributed by atoms with Crippen molar-refractivity contribution in [2.24, 2.45) is 0 Å². The van der Waals surface area contributed by atoms with Crippen LogP contribution >= 0.6 is 0 Å². The number of allylic oxidation sites excluding steroid dienone is 1. The Bertz CT molecular complexity index is 931. The van der Waals surface area contributed by atoms with Gasteiger partial charge in [0.25, 0.3) is 0 Å². The molecule has 0 fully saturated rings. The lowest BCUT2D eigenvalue weighted by Gasteiger charge is -2.25. The van der Waals surface area contributed by atoms with Gasteiger partial charge in [0.05, 0.1) is 13.7 Å². The Hall–Kier alpha value is -3.28. The van der Waals surface area contributed by atoms with Crippen LogP contribution in [-0.2, 0) is 0 Å². The Kier molecular flexibility index (Phi) is 4.31. The molecular weight excluding hydrogens is 328 g/mol. The van der Waals surface area contributed by atoms with Crippen molar-refractivity contribution in [2.75, 3.05) is 19.0 Å². The molecule has 1 unspecified atom stereocenters. The number of nitrogens with one attached hydrogen (secondary N) is 1. The van der Waals surface area contributed by atoms with Crippen LogP contribution in [0.1, 0.15) is 24.1 Å². The molecule has 2 aromatic carbocycles. The van der Waals surface area contributed by atoms with Crippen molar-refractivity contribution in [3.63, 3.8) is 0 Å². The van der Waals surface area contributed by atoms with Gasteiger partial charge in [0.2, 0.25) is 5.95 Å². The molecule has 0 saturated carbocycles. The molecule has 1 atom stereocenters. The average Bonchev–Trinajstić information content (AvgIpc) is 3.17. The van der Waals surface area contributed by atoms with Gasteiger partial charge in [-0.15, -0.1) is 0 Å². The van der Waals surface area contributed by atoms with Crippen LogP contribution in [0.3, 0.4) is 0 Å². The van der Waals surface area contributed by atoms with Gasteiger partial charge < -0.3 is 14.8 Å². The minimum Gasteiger partial charge on any atom is -0.497 e. The quantitative estimate of drug-likeness (QED) is 0.761. The fourth-order valence-electron chi connectivity index (χ4n) is 3.11. The van der Waals surface area contributed by atoms with E-state index < -0.39 is 0 Å². The van der Waals surface area contributed by atoms with Gasteiger partial charge in [-0.1, -0.05) is 18.2 Å². The maximum Gasteiger partial charge on any atom is 0.226 e. The number of anilines is 1. The fraction of sp³-hybridized carbons (Fsp3) is 0.200. The summed E-state index contributed by atoms with van der Waals surface area (Å²) in [5.41, 5.74) is 3.08. The molecule has 1 aliphatic rings. The minimum absolute atomic E-state index is 0.103. The zero-order valence-electron chi connectivity index (χ0n) is 14.7. The predicted molar refractivity (Wildman–Crippen MR) is 100 cm³/mol. The molecule has 6 nitrogen and oxygen atoms in total. The monoisotopic (exact) mass is 348 g/mol. The summed E-state index contributed by atoms with van der Waals surface area (Å²) in [4.78, 5) is 4.35. The number of rotatable bonds is 5. The number of nitrogens with zero attached hydrogens (tertiary/aromatic N) is 3. The summed E-state index contributed by atoms with van der Waals surface area (Å²) in [5.74, 6) is 2.38. The van der Waals surface area contributed by atoms with Gasteiger partial charge in [0.15, 0.2) is 0 Å². The van der Waals surface area contributed by atoms with Crippen molar-refractivity contribution in [3.8, 4) is 11.5 Å².